The third-order valence-electron chi connectivity index (χ3n) is 4.80. The molecule has 0 bridgehead atoms. The number of thiazole rings is 1. The predicted molar refractivity (Wildman–Crippen MR) is 130 cm³/mol. The summed E-state index contributed by atoms with van der Waals surface area (Å²) in [4.78, 5) is 17.0. The van der Waals surface area contributed by atoms with E-state index in [0.29, 0.717) is 16.4 Å². The number of nitrogens with one attached hydrogen (secondary N) is 1. The van der Waals surface area contributed by atoms with Crippen molar-refractivity contribution in [3.8, 4) is 17.0 Å². The molecule has 8 heteroatoms. The summed E-state index contributed by atoms with van der Waals surface area (Å²) in [5.74, 6) is 0.617. The van der Waals surface area contributed by atoms with Crippen molar-refractivity contribution in [2.24, 2.45) is 0 Å². The van der Waals surface area contributed by atoms with Crippen LogP contribution >= 0.6 is 11.3 Å². The summed E-state index contributed by atoms with van der Waals surface area (Å²) >= 11 is 1.34. The zero-order chi connectivity index (χ0) is 23.0. The fourth-order valence-corrected chi connectivity index (χ4v) is 5.08. The number of nitrogens with zero attached hydrogens (tertiary/aromatic N) is 1. The van der Waals surface area contributed by atoms with Crippen molar-refractivity contribution in [3.63, 3.8) is 0 Å². The minimum atomic E-state index is -3.26. The molecule has 0 saturated carbocycles. The molecule has 168 valence electrons. The smallest absolute Gasteiger partial charge is 0.250 e. The highest BCUT2D eigenvalue weighted by atomic mass is 32.2. The van der Waals surface area contributed by atoms with Crippen molar-refractivity contribution in [2.75, 3.05) is 18.2 Å². The molecule has 1 aromatic heterocycles. The summed E-state index contributed by atoms with van der Waals surface area (Å²) < 4.78 is 29.8. The number of rotatable bonds is 10. The Bertz CT molecular complexity index is 1170. The van der Waals surface area contributed by atoms with Gasteiger partial charge in [-0.25, -0.2) is 13.4 Å². The van der Waals surface area contributed by atoms with Crippen LogP contribution in [0.25, 0.3) is 17.3 Å². The molecule has 2 aromatic carbocycles. The first-order valence-corrected chi connectivity index (χ1v) is 12.9. The van der Waals surface area contributed by atoms with E-state index in [9.17, 15) is 13.2 Å². The van der Waals surface area contributed by atoms with Gasteiger partial charge in [-0.1, -0.05) is 31.9 Å². The minimum absolute atomic E-state index is 0.157. The van der Waals surface area contributed by atoms with E-state index in [-0.39, 0.29) is 11.7 Å². The van der Waals surface area contributed by atoms with Crippen LogP contribution in [-0.4, -0.2) is 32.2 Å². The Kier molecular flexibility index (Phi) is 8.19. The molecule has 0 radical (unpaired) electrons. The summed E-state index contributed by atoms with van der Waals surface area (Å²) in [7, 11) is -1.65. The third kappa shape index (κ3) is 6.51. The molecule has 1 N–H and O–H groups in total. The first-order valence-electron chi connectivity index (χ1n) is 10.3. The Balaban J connectivity index is 1.58. The van der Waals surface area contributed by atoms with Gasteiger partial charge in [-0.05, 0) is 54.5 Å². The number of hydrogen-bond acceptors (Lipinski definition) is 6. The van der Waals surface area contributed by atoms with Crippen LogP contribution in [0.4, 0.5) is 5.13 Å². The number of benzene rings is 2. The molecule has 32 heavy (non-hydrogen) atoms. The molecule has 0 aliphatic rings. The van der Waals surface area contributed by atoms with Crippen molar-refractivity contribution in [1.82, 2.24) is 4.98 Å². The van der Waals surface area contributed by atoms with E-state index >= 15 is 0 Å². The van der Waals surface area contributed by atoms with Gasteiger partial charge >= 0.3 is 0 Å². The fraction of sp³-hybridized carbons (Fsp3) is 0.250. The molecule has 0 atom stereocenters. The van der Waals surface area contributed by atoms with Gasteiger partial charge in [-0.2, -0.15) is 0 Å². The van der Waals surface area contributed by atoms with Gasteiger partial charge in [0, 0.05) is 17.0 Å². The van der Waals surface area contributed by atoms with E-state index in [1.165, 1.54) is 17.4 Å². The molecule has 0 saturated heterocycles. The second-order valence-corrected chi connectivity index (χ2v) is 10.2. The number of ether oxygens (including phenoxy) is 1. The molecular weight excluding hydrogens is 444 g/mol. The molecule has 0 unspecified atom stereocenters. The number of carbonyl (C=O) groups is 1. The van der Waals surface area contributed by atoms with Gasteiger partial charge in [0.2, 0.25) is 5.91 Å². The number of sulfone groups is 1. The van der Waals surface area contributed by atoms with Crippen LogP contribution in [0.3, 0.4) is 0 Å². The van der Waals surface area contributed by atoms with Gasteiger partial charge in [0.25, 0.3) is 0 Å². The van der Waals surface area contributed by atoms with Gasteiger partial charge in [-0.3, -0.25) is 10.1 Å². The Morgan fingerprint density at radius 1 is 1.09 bits per heavy atom. The van der Waals surface area contributed by atoms with Crippen molar-refractivity contribution >= 4 is 38.3 Å². The van der Waals surface area contributed by atoms with Gasteiger partial charge in [0.1, 0.15) is 5.75 Å². The Hall–Kier alpha value is -2.97. The van der Waals surface area contributed by atoms with Gasteiger partial charge in [-0.15, -0.1) is 11.3 Å². The lowest BCUT2D eigenvalue weighted by Gasteiger charge is -2.04. The van der Waals surface area contributed by atoms with Crippen molar-refractivity contribution in [1.29, 1.82) is 0 Å². The van der Waals surface area contributed by atoms with E-state index in [1.54, 1.807) is 37.5 Å². The molecule has 3 aromatic rings. The van der Waals surface area contributed by atoms with E-state index in [4.69, 9.17) is 4.74 Å². The maximum atomic E-state index is 12.3. The number of amides is 1. The van der Waals surface area contributed by atoms with Crippen molar-refractivity contribution < 1.29 is 17.9 Å². The monoisotopic (exact) mass is 470 g/mol. The summed E-state index contributed by atoms with van der Waals surface area (Å²) in [5, 5.41) is 5.13. The lowest BCUT2D eigenvalue weighted by molar-refractivity contribution is -0.111. The van der Waals surface area contributed by atoms with Gasteiger partial charge in [0.15, 0.2) is 15.0 Å². The summed E-state index contributed by atoms with van der Waals surface area (Å²) in [6, 6.07) is 14.1. The molecule has 0 fully saturated rings. The highest BCUT2D eigenvalue weighted by Gasteiger charge is 2.13. The second-order valence-electron chi connectivity index (χ2n) is 7.18. The number of unbranched alkanes of at least 4 members (excludes halogenated alkanes) is 2. The molecule has 6 nitrogen and oxygen atoms in total. The Morgan fingerprint density at radius 3 is 2.47 bits per heavy atom. The van der Waals surface area contributed by atoms with Crippen molar-refractivity contribution in [2.45, 2.75) is 31.1 Å². The summed E-state index contributed by atoms with van der Waals surface area (Å²) in [6.07, 6.45) is 5.58. The summed E-state index contributed by atoms with van der Waals surface area (Å²) in [5.41, 5.74) is 2.45. The van der Waals surface area contributed by atoms with Gasteiger partial charge in [0.05, 0.1) is 23.5 Å². The maximum Gasteiger partial charge on any atom is 0.250 e. The molecule has 0 spiro atoms. The van der Waals surface area contributed by atoms with Crippen LogP contribution in [0.2, 0.25) is 0 Å². The van der Waals surface area contributed by atoms with Crippen LogP contribution in [0.1, 0.15) is 31.7 Å². The van der Waals surface area contributed by atoms with Crippen LogP contribution in [0, 0.1) is 0 Å². The van der Waals surface area contributed by atoms with Crippen molar-refractivity contribution in [3.05, 3.63) is 65.6 Å². The molecule has 3 rings (SSSR count). The topological polar surface area (TPSA) is 85.4 Å². The van der Waals surface area contributed by atoms with Crippen LogP contribution in [-0.2, 0) is 14.6 Å². The molecule has 0 aliphatic heterocycles. The average molecular weight is 471 g/mol. The second kappa shape index (κ2) is 11.1. The third-order valence-corrected chi connectivity index (χ3v) is 7.38. The minimum Gasteiger partial charge on any atom is -0.497 e. The SMILES string of the molecule is CCCCCS(=O)(=O)c1ccc(/C=C\C(=O)Nc2nc(-c3ccc(OC)cc3)cs2)cc1. The number of hydrogen-bond donors (Lipinski definition) is 1. The van der Waals surface area contributed by atoms with Crippen LogP contribution in [0.15, 0.2) is 64.9 Å². The Labute approximate surface area is 192 Å². The van der Waals surface area contributed by atoms with E-state index in [1.807, 2.05) is 36.6 Å². The average Bonchev–Trinajstić information content (AvgIpc) is 3.26. The van der Waals surface area contributed by atoms with E-state index in [2.05, 4.69) is 10.3 Å². The zero-order valence-electron chi connectivity index (χ0n) is 18.1. The standard InChI is InChI=1S/C24H26N2O4S2/c1-3-4-5-16-32(28,29)21-13-6-18(7-14-21)8-15-23(27)26-24-25-22(17-31-24)19-9-11-20(30-2)12-10-19/h6-15,17H,3-5,16H2,1-2H3,(H,25,26,27)/b15-8-. The largest absolute Gasteiger partial charge is 0.497 e. The molecule has 1 heterocycles. The molecular formula is C24H26N2O4S2. The fourth-order valence-electron chi connectivity index (χ4n) is 2.99. The van der Waals surface area contributed by atoms with E-state index < -0.39 is 9.84 Å². The number of carbonyl (C=O) groups excluding carboxylic acids is 1. The van der Waals surface area contributed by atoms with E-state index in [0.717, 1.165) is 35.4 Å². The molecule has 0 aliphatic carbocycles. The van der Waals surface area contributed by atoms with Gasteiger partial charge < -0.3 is 4.74 Å². The molecule has 1 amide bonds. The number of anilines is 1. The lowest BCUT2D eigenvalue weighted by Crippen LogP contribution is -2.07. The first-order chi connectivity index (χ1) is 15.4. The highest BCUT2D eigenvalue weighted by Crippen LogP contribution is 2.26. The summed E-state index contributed by atoms with van der Waals surface area (Å²) in [6.45, 7) is 2.04. The normalized spacial score (nSPS) is 11.6. The first kappa shape index (κ1) is 23.7. The van der Waals surface area contributed by atoms with Crippen LogP contribution < -0.4 is 10.1 Å². The lowest BCUT2D eigenvalue weighted by atomic mass is 10.2. The number of methoxy groups -OCH3 is 1. The Morgan fingerprint density at radius 2 is 1.81 bits per heavy atom. The predicted octanol–water partition coefficient (Wildman–Crippen LogP) is 5.43. The zero-order valence-corrected chi connectivity index (χ0v) is 19.7. The number of aromatic nitrogens is 1. The quantitative estimate of drug-likeness (QED) is 0.315. The highest BCUT2D eigenvalue weighted by molar-refractivity contribution is 7.91. The van der Waals surface area contributed by atoms with Crippen LogP contribution in [0.5, 0.6) is 5.75 Å². The maximum absolute atomic E-state index is 12.3.